The van der Waals surface area contributed by atoms with Crippen molar-refractivity contribution in [1.29, 1.82) is 0 Å². The normalized spacial score (nSPS) is 11.4. The summed E-state index contributed by atoms with van der Waals surface area (Å²) in [6, 6.07) is 12.0. The molecule has 2 aromatic carbocycles. The topological polar surface area (TPSA) is 100 Å². The molecule has 0 fully saturated rings. The lowest BCUT2D eigenvalue weighted by molar-refractivity contribution is -0.448. The number of hydrogen-bond donors (Lipinski definition) is 0. The molecule has 188 valence electrons. The van der Waals surface area contributed by atoms with Crippen LogP contribution in [0.1, 0.15) is 12.5 Å². The average molecular weight is 481 g/mol. The zero-order chi connectivity index (χ0) is 25.0. The van der Waals surface area contributed by atoms with Gasteiger partial charge in [-0.15, -0.1) is 0 Å². The Labute approximate surface area is 199 Å². The summed E-state index contributed by atoms with van der Waals surface area (Å²) in [5.41, 5.74) is 0.613. The van der Waals surface area contributed by atoms with Gasteiger partial charge in [0.25, 0.3) is 0 Å². The van der Waals surface area contributed by atoms with Gasteiger partial charge in [-0.2, -0.15) is 0 Å². The number of carbonyl (C=O) groups excluding carboxylic acids is 1. The number of para-hydroxylation sites is 1. The average Bonchev–Trinajstić information content (AvgIpc) is 2.86. The summed E-state index contributed by atoms with van der Waals surface area (Å²) in [6.07, 6.45) is -1.68. The molecule has 0 unspecified atom stereocenters. The van der Waals surface area contributed by atoms with Crippen molar-refractivity contribution in [3.8, 4) is 23.0 Å². The van der Waals surface area contributed by atoms with Crippen LogP contribution in [0.3, 0.4) is 0 Å². The van der Waals surface area contributed by atoms with E-state index in [0.29, 0.717) is 35.2 Å². The van der Waals surface area contributed by atoms with Crippen molar-refractivity contribution in [2.75, 3.05) is 48.8 Å². The third-order valence-corrected chi connectivity index (χ3v) is 4.53. The molecule has 0 radical (unpaired) electrons. The van der Waals surface area contributed by atoms with Crippen molar-refractivity contribution >= 4 is 5.78 Å². The highest BCUT2D eigenvalue weighted by Gasteiger charge is 2.34. The van der Waals surface area contributed by atoms with E-state index in [1.807, 2.05) is 6.92 Å². The van der Waals surface area contributed by atoms with Gasteiger partial charge in [-0.05, 0) is 13.0 Å². The quantitative estimate of drug-likeness (QED) is 0.333. The molecule has 2 rings (SSSR count). The molecule has 0 aliphatic rings. The summed E-state index contributed by atoms with van der Waals surface area (Å²) in [5, 5.41) is 0. The number of ketones is 1. The second-order valence-electron chi connectivity index (χ2n) is 6.78. The molecule has 0 aliphatic carbocycles. The number of hydrogen-bond acceptors (Lipinski definition) is 10. The van der Waals surface area contributed by atoms with Crippen LogP contribution in [0.4, 0.5) is 0 Å². The lowest BCUT2D eigenvalue weighted by Crippen LogP contribution is -2.42. The molecule has 0 heterocycles. The monoisotopic (exact) mass is 480 g/mol. The molecule has 0 aliphatic heterocycles. The molecule has 10 nitrogen and oxygen atoms in total. The SMILES string of the molecule is CCOc1cc(OCC(=O)Cc2ccccc2OC(OC)(OC)OC)cc(OC(OC)OC)c1. The van der Waals surface area contributed by atoms with Crippen LogP contribution in [0.15, 0.2) is 42.5 Å². The molecule has 0 spiro atoms. The van der Waals surface area contributed by atoms with E-state index in [1.54, 1.807) is 42.5 Å². The van der Waals surface area contributed by atoms with E-state index >= 15 is 0 Å². The molecular formula is C24H32O10. The zero-order valence-corrected chi connectivity index (χ0v) is 20.3. The van der Waals surface area contributed by atoms with Gasteiger partial charge in [0.15, 0.2) is 5.78 Å². The molecule has 0 atom stereocenters. The molecule has 0 saturated carbocycles. The van der Waals surface area contributed by atoms with Crippen molar-refractivity contribution in [1.82, 2.24) is 0 Å². The van der Waals surface area contributed by atoms with Crippen LogP contribution in [0.25, 0.3) is 0 Å². The van der Waals surface area contributed by atoms with Gasteiger partial charge in [0.05, 0.1) is 6.61 Å². The summed E-state index contributed by atoms with van der Waals surface area (Å²) in [5.74, 6) is 1.49. The van der Waals surface area contributed by atoms with Gasteiger partial charge in [-0.25, -0.2) is 0 Å². The number of benzene rings is 2. The minimum atomic E-state index is -1.73. The van der Waals surface area contributed by atoms with Gasteiger partial charge in [-0.1, -0.05) is 18.2 Å². The molecule has 34 heavy (non-hydrogen) atoms. The Kier molecular flexibility index (Phi) is 11.0. The van der Waals surface area contributed by atoms with E-state index < -0.39 is 12.6 Å². The Balaban J connectivity index is 2.10. The van der Waals surface area contributed by atoms with Crippen molar-refractivity contribution < 1.29 is 47.4 Å². The summed E-state index contributed by atoms with van der Waals surface area (Å²) >= 11 is 0. The number of rotatable bonds is 16. The van der Waals surface area contributed by atoms with Crippen molar-refractivity contribution in [2.24, 2.45) is 0 Å². The van der Waals surface area contributed by atoms with E-state index in [0.717, 1.165) is 0 Å². The summed E-state index contributed by atoms with van der Waals surface area (Å²) in [7, 11) is 7.04. The number of ether oxygens (including phenoxy) is 9. The first kappa shape index (κ1) is 27.4. The maximum Gasteiger partial charge on any atom is 0.460 e. The second kappa shape index (κ2) is 13.7. The molecule has 0 saturated heterocycles. The van der Waals surface area contributed by atoms with E-state index in [-0.39, 0.29) is 18.8 Å². The maximum absolute atomic E-state index is 12.7. The second-order valence-corrected chi connectivity index (χ2v) is 6.78. The van der Waals surface area contributed by atoms with Crippen LogP contribution in [-0.2, 0) is 34.9 Å². The molecule has 0 aromatic heterocycles. The molecule has 2 aromatic rings. The van der Waals surface area contributed by atoms with Crippen LogP contribution in [0, 0.1) is 0 Å². The smallest absolute Gasteiger partial charge is 0.460 e. The molecule has 0 N–H and O–H groups in total. The van der Waals surface area contributed by atoms with Gasteiger partial charge >= 0.3 is 12.6 Å². The largest absolute Gasteiger partial charge is 0.494 e. The summed E-state index contributed by atoms with van der Waals surface area (Å²) in [6.45, 7) is 1.21. The Bertz CT molecular complexity index is 885. The molecular weight excluding hydrogens is 448 g/mol. The van der Waals surface area contributed by atoms with Crippen molar-refractivity contribution in [3.63, 3.8) is 0 Å². The lowest BCUT2D eigenvalue weighted by Gasteiger charge is -2.28. The zero-order valence-electron chi connectivity index (χ0n) is 20.3. The van der Waals surface area contributed by atoms with Crippen LogP contribution in [-0.4, -0.2) is 67.2 Å². The molecule has 0 bridgehead atoms. The number of methoxy groups -OCH3 is 5. The van der Waals surface area contributed by atoms with Gasteiger partial charge < -0.3 is 28.4 Å². The highest BCUT2D eigenvalue weighted by molar-refractivity contribution is 5.83. The standard InChI is InChI=1S/C24H32O10/c1-7-31-19-13-20(15-21(14-19)33-23(26-2)27-3)32-16-18(25)12-17-10-8-9-11-22(17)34-24(28-4,29-5)30-6/h8-11,13-15,23H,7,12,16H2,1-6H3. The Morgan fingerprint density at radius 1 is 0.853 bits per heavy atom. The number of carbonyl (C=O) groups is 1. The maximum atomic E-state index is 12.7. The summed E-state index contributed by atoms with van der Waals surface area (Å²) < 4.78 is 48.2. The third kappa shape index (κ3) is 7.86. The van der Waals surface area contributed by atoms with Crippen LogP contribution < -0.4 is 18.9 Å². The molecule has 0 amide bonds. The first-order valence-electron chi connectivity index (χ1n) is 10.5. The van der Waals surface area contributed by atoms with Crippen LogP contribution in [0.2, 0.25) is 0 Å². The molecule has 10 heteroatoms. The minimum Gasteiger partial charge on any atom is -0.494 e. The fraction of sp³-hybridized carbons (Fsp3) is 0.458. The first-order chi connectivity index (χ1) is 16.4. The highest BCUT2D eigenvalue weighted by Crippen LogP contribution is 2.29. The van der Waals surface area contributed by atoms with Gasteiger partial charge in [-0.3, -0.25) is 19.0 Å². The van der Waals surface area contributed by atoms with Crippen molar-refractivity contribution in [2.45, 2.75) is 26.0 Å². The van der Waals surface area contributed by atoms with E-state index in [9.17, 15) is 4.79 Å². The van der Waals surface area contributed by atoms with Crippen molar-refractivity contribution in [3.05, 3.63) is 48.0 Å². The van der Waals surface area contributed by atoms with Gasteiger partial charge in [0.2, 0.25) is 0 Å². The fourth-order valence-electron chi connectivity index (χ4n) is 2.94. The van der Waals surface area contributed by atoms with E-state index in [1.165, 1.54) is 35.5 Å². The Hall–Kier alpha value is -2.89. The third-order valence-electron chi connectivity index (χ3n) is 4.53. The van der Waals surface area contributed by atoms with Crippen LogP contribution >= 0.6 is 0 Å². The Morgan fingerprint density at radius 3 is 2.03 bits per heavy atom. The Morgan fingerprint density at radius 2 is 1.44 bits per heavy atom. The van der Waals surface area contributed by atoms with Gasteiger partial charge in [0.1, 0.15) is 29.6 Å². The van der Waals surface area contributed by atoms with Gasteiger partial charge in [0, 0.05) is 65.7 Å². The summed E-state index contributed by atoms with van der Waals surface area (Å²) in [4.78, 5) is 12.7. The minimum absolute atomic E-state index is 0.0489. The highest BCUT2D eigenvalue weighted by atomic mass is 17.0. The van der Waals surface area contributed by atoms with E-state index in [2.05, 4.69) is 0 Å². The predicted octanol–water partition coefficient (Wildman–Crippen LogP) is 3.16. The number of Topliss-reactive ketones (excluding diaryl/α,β-unsaturated/α-hetero) is 1. The first-order valence-corrected chi connectivity index (χ1v) is 10.5. The van der Waals surface area contributed by atoms with Crippen LogP contribution in [0.5, 0.6) is 23.0 Å². The fourth-order valence-corrected chi connectivity index (χ4v) is 2.94. The predicted molar refractivity (Wildman–Crippen MR) is 121 cm³/mol. The van der Waals surface area contributed by atoms with E-state index in [4.69, 9.17) is 42.6 Å². The lowest BCUT2D eigenvalue weighted by atomic mass is 10.1.